The van der Waals surface area contributed by atoms with Gasteiger partial charge in [0.25, 0.3) is 0 Å². The van der Waals surface area contributed by atoms with Crippen molar-refractivity contribution in [2.75, 3.05) is 0 Å². The second kappa shape index (κ2) is 5.45. The molecule has 1 aliphatic carbocycles. The van der Waals surface area contributed by atoms with Gasteiger partial charge in [0.05, 0.1) is 0 Å². The van der Waals surface area contributed by atoms with Gasteiger partial charge in [0.15, 0.2) is 0 Å². The van der Waals surface area contributed by atoms with Crippen molar-refractivity contribution >= 4 is 24.1 Å². The number of aldehydes is 1. The van der Waals surface area contributed by atoms with Crippen LogP contribution >= 0.6 is 11.8 Å². The second-order valence-electron chi connectivity index (χ2n) is 4.61. The van der Waals surface area contributed by atoms with Crippen molar-refractivity contribution in [3.05, 3.63) is 65.2 Å². The van der Waals surface area contributed by atoms with Crippen LogP contribution in [0.2, 0.25) is 0 Å². The minimum Gasteiger partial charge on any atom is -0.298 e. The zero-order chi connectivity index (χ0) is 13.1. The van der Waals surface area contributed by atoms with Crippen molar-refractivity contribution in [2.45, 2.75) is 22.6 Å². The molecule has 0 saturated carbocycles. The summed E-state index contributed by atoms with van der Waals surface area (Å²) in [5.74, 6) is 0. The number of allylic oxidation sites excluding steroid dienone is 1. The van der Waals surface area contributed by atoms with Gasteiger partial charge in [-0.25, -0.2) is 0 Å². The van der Waals surface area contributed by atoms with Gasteiger partial charge >= 0.3 is 0 Å². The van der Waals surface area contributed by atoms with E-state index < -0.39 is 0 Å². The Kier molecular flexibility index (Phi) is 3.51. The Labute approximate surface area is 117 Å². The van der Waals surface area contributed by atoms with Crippen molar-refractivity contribution in [1.82, 2.24) is 0 Å². The molecule has 94 valence electrons. The monoisotopic (exact) mass is 266 g/mol. The van der Waals surface area contributed by atoms with E-state index in [0.29, 0.717) is 0 Å². The smallest absolute Gasteiger partial charge is 0.146 e. The summed E-state index contributed by atoms with van der Waals surface area (Å²) in [6.07, 6.45) is 4.82. The molecular formula is C17H14OS. The van der Waals surface area contributed by atoms with Crippen molar-refractivity contribution in [3.63, 3.8) is 0 Å². The third-order valence-corrected chi connectivity index (χ3v) is 4.27. The van der Waals surface area contributed by atoms with Crippen molar-refractivity contribution in [1.29, 1.82) is 0 Å². The van der Waals surface area contributed by atoms with Gasteiger partial charge in [0, 0.05) is 9.79 Å². The van der Waals surface area contributed by atoms with Crippen molar-refractivity contribution < 1.29 is 4.79 Å². The average Bonchev–Trinajstić information content (AvgIpc) is 2.47. The van der Waals surface area contributed by atoms with Crippen LogP contribution in [0.5, 0.6) is 0 Å². The van der Waals surface area contributed by atoms with Gasteiger partial charge in [0.1, 0.15) is 6.29 Å². The Bertz CT molecular complexity index is 629. The molecule has 0 saturated heterocycles. The van der Waals surface area contributed by atoms with Crippen LogP contribution in [-0.2, 0) is 11.2 Å². The SMILES string of the molecule is O=CC1=Cc2cc(Sc3ccccc3)ccc2CC1. The Hall–Kier alpha value is -1.80. The lowest BCUT2D eigenvalue weighted by Crippen LogP contribution is -2.00. The number of hydrogen-bond acceptors (Lipinski definition) is 2. The molecule has 0 aliphatic heterocycles. The number of aryl methyl sites for hydroxylation is 1. The van der Waals surface area contributed by atoms with Crippen LogP contribution in [-0.4, -0.2) is 6.29 Å². The summed E-state index contributed by atoms with van der Waals surface area (Å²) in [6.45, 7) is 0. The highest BCUT2D eigenvalue weighted by Crippen LogP contribution is 2.31. The molecule has 2 aromatic carbocycles. The van der Waals surface area contributed by atoms with Crippen LogP contribution in [0.15, 0.2) is 63.9 Å². The minimum absolute atomic E-state index is 0.863. The number of fused-ring (bicyclic) bond motifs is 1. The van der Waals surface area contributed by atoms with E-state index in [0.717, 1.165) is 24.7 Å². The highest BCUT2D eigenvalue weighted by molar-refractivity contribution is 7.99. The molecule has 3 rings (SSSR count). The Morgan fingerprint density at radius 1 is 0.947 bits per heavy atom. The first kappa shape index (κ1) is 12.2. The number of carbonyl (C=O) groups is 1. The van der Waals surface area contributed by atoms with E-state index in [1.165, 1.54) is 20.9 Å². The summed E-state index contributed by atoms with van der Waals surface area (Å²) >= 11 is 1.75. The molecule has 0 aromatic heterocycles. The summed E-state index contributed by atoms with van der Waals surface area (Å²) in [5, 5.41) is 0. The molecule has 0 bridgehead atoms. The van der Waals surface area contributed by atoms with E-state index in [-0.39, 0.29) is 0 Å². The average molecular weight is 266 g/mol. The van der Waals surface area contributed by atoms with Crippen LogP contribution < -0.4 is 0 Å². The third-order valence-electron chi connectivity index (χ3n) is 3.27. The molecule has 1 aliphatic rings. The lowest BCUT2D eigenvalue weighted by atomic mass is 9.93. The molecule has 0 fully saturated rings. The van der Waals surface area contributed by atoms with Gasteiger partial charge < -0.3 is 0 Å². The first-order valence-corrected chi connectivity index (χ1v) is 7.18. The predicted molar refractivity (Wildman–Crippen MR) is 79.4 cm³/mol. The van der Waals surface area contributed by atoms with E-state index in [1.807, 2.05) is 24.3 Å². The summed E-state index contributed by atoms with van der Waals surface area (Å²) in [7, 11) is 0. The zero-order valence-electron chi connectivity index (χ0n) is 10.5. The van der Waals surface area contributed by atoms with Crippen LogP contribution in [0.4, 0.5) is 0 Å². The molecule has 0 radical (unpaired) electrons. The molecule has 0 heterocycles. The summed E-state index contributed by atoms with van der Waals surface area (Å²) in [6, 6.07) is 16.9. The molecule has 1 nitrogen and oxygen atoms in total. The fourth-order valence-corrected chi connectivity index (χ4v) is 3.15. The largest absolute Gasteiger partial charge is 0.298 e. The van der Waals surface area contributed by atoms with E-state index in [4.69, 9.17) is 0 Å². The third kappa shape index (κ3) is 2.79. The first-order valence-electron chi connectivity index (χ1n) is 6.37. The van der Waals surface area contributed by atoms with E-state index >= 15 is 0 Å². The predicted octanol–water partition coefficient (Wildman–Crippen LogP) is 4.37. The van der Waals surface area contributed by atoms with Gasteiger partial charge in [-0.1, -0.05) is 36.0 Å². The number of carbonyl (C=O) groups excluding carboxylic acids is 1. The van der Waals surface area contributed by atoms with E-state index in [2.05, 4.69) is 30.3 Å². The first-order chi connectivity index (χ1) is 9.35. The van der Waals surface area contributed by atoms with Gasteiger partial charge in [-0.2, -0.15) is 0 Å². The van der Waals surface area contributed by atoms with Gasteiger partial charge in [0.2, 0.25) is 0 Å². The number of hydrogen-bond donors (Lipinski definition) is 0. The van der Waals surface area contributed by atoms with Crippen LogP contribution in [0, 0.1) is 0 Å². The maximum atomic E-state index is 10.9. The fourth-order valence-electron chi connectivity index (χ4n) is 2.27. The normalized spacial score (nSPS) is 13.6. The van der Waals surface area contributed by atoms with Gasteiger partial charge in [-0.3, -0.25) is 4.79 Å². The maximum absolute atomic E-state index is 10.9. The van der Waals surface area contributed by atoms with Crippen LogP contribution in [0.1, 0.15) is 17.5 Å². The van der Waals surface area contributed by atoms with Crippen LogP contribution in [0.3, 0.4) is 0 Å². The molecule has 0 spiro atoms. The molecule has 0 N–H and O–H groups in total. The Morgan fingerprint density at radius 2 is 1.79 bits per heavy atom. The molecule has 0 unspecified atom stereocenters. The molecular weight excluding hydrogens is 252 g/mol. The van der Waals surface area contributed by atoms with Gasteiger partial charge in [-0.15, -0.1) is 0 Å². The van der Waals surface area contributed by atoms with Gasteiger partial charge in [-0.05, 0) is 59.9 Å². The summed E-state index contributed by atoms with van der Waals surface area (Å²) in [5.41, 5.74) is 3.42. The molecule has 0 atom stereocenters. The quantitative estimate of drug-likeness (QED) is 0.767. The van der Waals surface area contributed by atoms with E-state index in [9.17, 15) is 4.79 Å². The van der Waals surface area contributed by atoms with E-state index in [1.54, 1.807) is 11.8 Å². The standard InChI is InChI=1S/C17H14OS/c18-12-13-6-7-14-8-9-17(11-15(14)10-13)19-16-4-2-1-3-5-16/h1-5,8-12H,6-7H2. The fraction of sp³-hybridized carbons (Fsp3) is 0.118. The minimum atomic E-state index is 0.863. The molecule has 19 heavy (non-hydrogen) atoms. The molecule has 2 aromatic rings. The lowest BCUT2D eigenvalue weighted by molar-refractivity contribution is -0.105. The summed E-state index contributed by atoms with van der Waals surface area (Å²) in [4.78, 5) is 13.3. The lowest BCUT2D eigenvalue weighted by Gasteiger charge is -2.14. The Morgan fingerprint density at radius 3 is 2.58 bits per heavy atom. The number of rotatable bonds is 3. The van der Waals surface area contributed by atoms with Crippen molar-refractivity contribution in [3.8, 4) is 0 Å². The maximum Gasteiger partial charge on any atom is 0.146 e. The summed E-state index contributed by atoms with van der Waals surface area (Å²) < 4.78 is 0. The number of benzene rings is 2. The van der Waals surface area contributed by atoms with Crippen molar-refractivity contribution in [2.24, 2.45) is 0 Å². The highest BCUT2D eigenvalue weighted by Gasteiger charge is 2.10. The molecule has 2 heteroatoms. The topological polar surface area (TPSA) is 17.1 Å². The molecule has 0 amide bonds. The Balaban J connectivity index is 1.90. The van der Waals surface area contributed by atoms with Crippen LogP contribution in [0.25, 0.3) is 6.08 Å². The highest BCUT2D eigenvalue weighted by atomic mass is 32.2. The zero-order valence-corrected chi connectivity index (χ0v) is 11.3. The second-order valence-corrected chi connectivity index (χ2v) is 5.76.